The van der Waals surface area contributed by atoms with Crippen LogP contribution in [-0.4, -0.2) is 67.3 Å². The maximum Gasteiger partial charge on any atom is 0.437 e. The molecule has 200 valence electrons. The van der Waals surface area contributed by atoms with Crippen LogP contribution in [0.4, 0.5) is 33.9 Å². The second-order valence-corrected chi connectivity index (χ2v) is 9.71. The molecule has 0 saturated carbocycles. The van der Waals surface area contributed by atoms with E-state index in [0.717, 1.165) is 10.9 Å². The monoisotopic (exact) mass is 526 g/mol. The highest BCUT2D eigenvalue weighted by Gasteiger charge is 2.38. The van der Waals surface area contributed by atoms with E-state index in [9.17, 15) is 27.2 Å². The third kappa shape index (κ3) is 6.09. The summed E-state index contributed by atoms with van der Waals surface area (Å²) in [6, 6.07) is 1.00. The number of amides is 2. The Morgan fingerprint density at radius 2 is 1.92 bits per heavy atom. The summed E-state index contributed by atoms with van der Waals surface area (Å²) in [7, 11) is 1.30. The summed E-state index contributed by atoms with van der Waals surface area (Å²) in [6.07, 6.45) is -2.91. The van der Waals surface area contributed by atoms with Crippen molar-refractivity contribution in [2.24, 2.45) is 7.05 Å². The topological polar surface area (TPSA) is 119 Å². The van der Waals surface area contributed by atoms with E-state index in [1.165, 1.54) is 24.0 Å². The zero-order valence-electron chi connectivity index (χ0n) is 20.5. The maximum absolute atomic E-state index is 14.6. The summed E-state index contributed by atoms with van der Waals surface area (Å²) in [5.41, 5.74) is -2.49. The number of nitrogens with zero attached hydrogens (tertiary/aromatic N) is 6. The average molecular weight is 526 g/mol. The minimum Gasteiger partial charge on any atom is -0.444 e. The van der Waals surface area contributed by atoms with Gasteiger partial charge in [0.25, 0.3) is 5.91 Å². The lowest BCUT2D eigenvalue weighted by atomic mass is 10.0. The normalized spacial score (nSPS) is 18.6. The molecule has 0 radical (unpaired) electrons. The van der Waals surface area contributed by atoms with Crippen molar-refractivity contribution in [3.05, 3.63) is 35.9 Å². The molecule has 2 amide bonds. The molecule has 4 heterocycles. The van der Waals surface area contributed by atoms with Crippen molar-refractivity contribution in [2.45, 2.75) is 51.2 Å². The predicted molar refractivity (Wildman–Crippen MR) is 124 cm³/mol. The lowest BCUT2D eigenvalue weighted by Gasteiger charge is -2.36. The second-order valence-electron chi connectivity index (χ2n) is 9.71. The minimum atomic E-state index is -4.77. The van der Waals surface area contributed by atoms with Crippen molar-refractivity contribution in [3.8, 4) is 0 Å². The summed E-state index contributed by atoms with van der Waals surface area (Å²) in [4.78, 5) is 31.0. The second kappa shape index (κ2) is 9.52. The van der Waals surface area contributed by atoms with Gasteiger partial charge in [-0.3, -0.25) is 9.48 Å². The molecule has 15 heteroatoms. The number of ether oxygens (including phenoxy) is 1. The number of alkyl halides is 4. The smallest absolute Gasteiger partial charge is 0.437 e. The van der Waals surface area contributed by atoms with Crippen molar-refractivity contribution in [2.75, 3.05) is 23.3 Å². The summed E-state index contributed by atoms with van der Waals surface area (Å²) in [5, 5.41) is 12.3. The van der Waals surface area contributed by atoms with E-state index < -0.39 is 47.4 Å². The first kappa shape index (κ1) is 26.2. The molecule has 0 aliphatic carbocycles. The predicted octanol–water partition coefficient (Wildman–Crippen LogP) is 3.18. The maximum atomic E-state index is 14.6. The van der Waals surface area contributed by atoms with E-state index >= 15 is 0 Å². The van der Waals surface area contributed by atoms with Gasteiger partial charge in [-0.1, -0.05) is 0 Å². The van der Waals surface area contributed by atoms with Crippen LogP contribution in [0.1, 0.15) is 43.2 Å². The third-order valence-electron chi connectivity index (χ3n) is 5.39. The Hall–Kier alpha value is -3.91. The Kier molecular flexibility index (Phi) is 6.73. The highest BCUT2D eigenvalue weighted by Crippen LogP contribution is 2.33. The SMILES string of the molecule is Cn1cc(NC(=O)c2cnn3ccc(N4C[C@H](F)C[C@H](NC(=O)OC(C)(C)C)C4)nc23)c(C(F)(F)F)n1. The van der Waals surface area contributed by atoms with Gasteiger partial charge in [0.2, 0.25) is 0 Å². The first-order chi connectivity index (χ1) is 17.2. The summed E-state index contributed by atoms with van der Waals surface area (Å²) >= 11 is 0. The van der Waals surface area contributed by atoms with Crippen LogP contribution in [-0.2, 0) is 18.0 Å². The number of aryl methyl sites for hydroxylation is 1. The number of hydrogen-bond donors (Lipinski definition) is 2. The Morgan fingerprint density at radius 1 is 1.19 bits per heavy atom. The Labute approximate surface area is 208 Å². The van der Waals surface area contributed by atoms with E-state index in [4.69, 9.17) is 4.74 Å². The number of aromatic nitrogens is 5. The molecule has 0 spiro atoms. The first-order valence-corrected chi connectivity index (χ1v) is 11.3. The molecule has 1 aliphatic rings. The largest absolute Gasteiger partial charge is 0.444 e. The molecule has 2 N–H and O–H groups in total. The molecular weight excluding hydrogens is 500 g/mol. The molecule has 37 heavy (non-hydrogen) atoms. The van der Waals surface area contributed by atoms with E-state index in [2.05, 4.69) is 25.8 Å². The highest BCUT2D eigenvalue weighted by molar-refractivity contribution is 6.08. The van der Waals surface area contributed by atoms with Gasteiger partial charge in [-0.25, -0.2) is 18.7 Å². The minimum absolute atomic E-state index is 0.00400. The Morgan fingerprint density at radius 3 is 2.59 bits per heavy atom. The summed E-state index contributed by atoms with van der Waals surface area (Å²) in [5.74, 6) is -0.567. The van der Waals surface area contributed by atoms with Crippen molar-refractivity contribution in [3.63, 3.8) is 0 Å². The van der Waals surface area contributed by atoms with Crippen LogP contribution < -0.4 is 15.5 Å². The van der Waals surface area contributed by atoms with Gasteiger partial charge in [0.1, 0.15) is 23.2 Å². The number of nitrogens with one attached hydrogen (secondary N) is 2. The molecule has 1 saturated heterocycles. The molecule has 0 aromatic carbocycles. The van der Waals surface area contributed by atoms with Gasteiger partial charge >= 0.3 is 12.3 Å². The van der Waals surface area contributed by atoms with Gasteiger partial charge < -0.3 is 20.3 Å². The van der Waals surface area contributed by atoms with Crippen LogP contribution in [0.3, 0.4) is 0 Å². The molecule has 0 bridgehead atoms. The van der Waals surface area contributed by atoms with Gasteiger partial charge in [0, 0.05) is 32.4 Å². The standard InChI is InChI=1S/C22H26F4N8O3/c1-21(2,3)37-20(36)28-13-7-12(23)9-33(10-13)16-5-6-34-18(30-16)14(8-27-34)19(35)29-15-11-32(4)31-17(15)22(24,25)26/h5-6,8,11-13H,7,9-10H2,1-4H3,(H,28,36)(H,29,35)/t12-,13+/m1/s1. The van der Waals surface area contributed by atoms with Gasteiger partial charge in [0.05, 0.1) is 24.5 Å². The number of fused-ring (bicyclic) bond motifs is 1. The van der Waals surface area contributed by atoms with Gasteiger partial charge in [-0.2, -0.15) is 23.4 Å². The van der Waals surface area contributed by atoms with Gasteiger partial charge in [-0.05, 0) is 26.8 Å². The molecule has 0 unspecified atom stereocenters. The van der Waals surface area contributed by atoms with E-state index in [1.807, 2.05) is 0 Å². The highest BCUT2D eigenvalue weighted by atomic mass is 19.4. The lowest BCUT2D eigenvalue weighted by molar-refractivity contribution is -0.140. The fourth-order valence-electron chi connectivity index (χ4n) is 3.98. The Bertz CT molecular complexity index is 1310. The fourth-order valence-corrected chi connectivity index (χ4v) is 3.98. The van der Waals surface area contributed by atoms with Crippen LogP contribution in [0, 0.1) is 0 Å². The van der Waals surface area contributed by atoms with E-state index in [0.29, 0.717) is 5.82 Å². The van der Waals surface area contributed by atoms with Crippen LogP contribution in [0.2, 0.25) is 0 Å². The number of halogens is 4. The molecule has 2 atom stereocenters. The van der Waals surface area contributed by atoms with Crippen LogP contribution in [0.15, 0.2) is 24.7 Å². The van der Waals surface area contributed by atoms with Gasteiger partial charge in [0.15, 0.2) is 11.3 Å². The molecule has 1 fully saturated rings. The van der Waals surface area contributed by atoms with Gasteiger partial charge in [-0.15, -0.1) is 0 Å². The average Bonchev–Trinajstić information content (AvgIpc) is 3.34. The third-order valence-corrected chi connectivity index (χ3v) is 5.39. The van der Waals surface area contributed by atoms with E-state index in [1.54, 1.807) is 31.7 Å². The summed E-state index contributed by atoms with van der Waals surface area (Å²) < 4.78 is 61.8. The molecule has 11 nitrogen and oxygen atoms in total. The Balaban J connectivity index is 1.55. The lowest BCUT2D eigenvalue weighted by Crippen LogP contribution is -2.52. The first-order valence-electron chi connectivity index (χ1n) is 11.3. The quantitative estimate of drug-likeness (QED) is 0.502. The molecule has 4 rings (SSSR count). The van der Waals surface area contributed by atoms with Crippen LogP contribution in [0.25, 0.3) is 5.65 Å². The summed E-state index contributed by atoms with van der Waals surface area (Å²) in [6.45, 7) is 5.37. The number of hydrogen-bond acceptors (Lipinski definition) is 7. The number of rotatable bonds is 4. The van der Waals surface area contributed by atoms with Crippen molar-refractivity contribution in [1.82, 2.24) is 29.7 Å². The zero-order chi connectivity index (χ0) is 27.1. The van der Waals surface area contributed by atoms with Crippen molar-refractivity contribution < 1.29 is 31.9 Å². The number of anilines is 2. The van der Waals surface area contributed by atoms with E-state index in [-0.39, 0.29) is 30.7 Å². The molecular formula is C22H26F4N8O3. The molecule has 1 aliphatic heterocycles. The fraction of sp³-hybridized carbons (Fsp3) is 0.500. The zero-order valence-corrected chi connectivity index (χ0v) is 20.5. The molecule has 3 aromatic heterocycles. The molecule has 3 aromatic rings. The van der Waals surface area contributed by atoms with Crippen LogP contribution in [0.5, 0.6) is 0 Å². The number of carbonyl (C=O) groups is 2. The number of alkyl carbamates (subject to hydrolysis) is 1. The number of piperidine rings is 1. The number of carbonyl (C=O) groups excluding carboxylic acids is 2. The van der Waals surface area contributed by atoms with Crippen molar-refractivity contribution >= 4 is 29.2 Å². The van der Waals surface area contributed by atoms with Crippen LogP contribution >= 0.6 is 0 Å². The van der Waals surface area contributed by atoms with Crippen molar-refractivity contribution in [1.29, 1.82) is 0 Å².